The van der Waals surface area contributed by atoms with Gasteiger partial charge in [-0.2, -0.15) is 0 Å². The average Bonchev–Trinajstić information content (AvgIpc) is 3.22. The molecule has 1 saturated heterocycles. The van der Waals surface area contributed by atoms with Gasteiger partial charge < -0.3 is 16.0 Å². The Kier molecular flexibility index (Phi) is 9.11. The molecule has 0 aliphatic carbocycles. The monoisotopic (exact) mass is 373 g/mol. The number of hydrogen-bond acceptors (Lipinski definition) is 3. The summed E-state index contributed by atoms with van der Waals surface area (Å²) in [6.45, 7) is 9.21. The van der Waals surface area contributed by atoms with E-state index in [0.29, 0.717) is 11.6 Å². The minimum atomic E-state index is -0.0489. The molecule has 0 spiro atoms. The zero-order valence-corrected chi connectivity index (χ0v) is 17.1. The van der Waals surface area contributed by atoms with Crippen molar-refractivity contribution in [3.05, 3.63) is 35.4 Å². The lowest BCUT2D eigenvalue weighted by Gasteiger charge is -2.25. The molecular weight excluding hydrogens is 338 g/mol. The molecular formula is C21H35N5O. The van der Waals surface area contributed by atoms with Crippen molar-refractivity contribution in [2.45, 2.75) is 45.6 Å². The molecule has 1 aromatic carbocycles. The molecule has 150 valence electrons. The van der Waals surface area contributed by atoms with Gasteiger partial charge in [-0.3, -0.25) is 14.7 Å². The van der Waals surface area contributed by atoms with Crippen molar-refractivity contribution in [2.24, 2.45) is 4.99 Å². The Morgan fingerprint density at radius 2 is 2.00 bits per heavy atom. The van der Waals surface area contributed by atoms with E-state index in [-0.39, 0.29) is 5.91 Å². The molecule has 1 fully saturated rings. The second-order valence-corrected chi connectivity index (χ2v) is 6.98. The van der Waals surface area contributed by atoms with Crippen LogP contribution in [0.2, 0.25) is 0 Å². The standard InChI is InChI=1S/C21H35N5O/c1-4-19(26-13-6-7-14-26)16-25-21(23-5-2)24-12-11-17-9-8-10-18(15-17)20(27)22-3/h8-10,15,19H,4-7,11-14,16H2,1-3H3,(H,22,27)(H2,23,24,25). The summed E-state index contributed by atoms with van der Waals surface area (Å²) < 4.78 is 0. The topological polar surface area (TPSA) is 68.8 Å². The van der Waals surface area contributed by atoms with Gasteiger partial charge in [0.1, 0.15) is 0 Å². The number of hydrogen-bond donors (Lipinski definition) is 3. The van der Waals surface area contributed by atoms with Gasteiger partial charge in [0, 0.05) is 31.7 Å². The molecule has 6 nitrogen and oxygen atoms in total. The molecule has 3 N–H and O–H groups in total. The van der Waals surface area contributed by atoms with Crippen LogP contribution in [-0.4, -0.2) is 62.6 Å². The fraction of sp³-hybridized carbons (Fsp3) is 0.619. The van der Waals surface area contributed by atoms with Gasteiger partial charge in [0.2, 0.25) is 0 Å². The van der Waals surface area contributed by atoms with Crippen LogP contribution in [0.25, 0.3) is 0 Å². The first-order valence-corrected chi connectivity index (χ1v) is 10.2. The van der Waals surface area contributed by atoms with E-state index >= 15 is 0 Å². The highest BCUT2D eigenvalue weighted by atomic mass is 16.1. The summed E-state index contributed by atoms with van der Waals surface area (Å²) in [7, 11) is 1.65. The maximum atomic E-state index is 11.8. The van der Waals surface area contributed by atoms with Crippen molar-refractivity contribution >= 4 is 11.9 Å². The Balaban J connectivity index is 1.87. The second kappa shape index (κ2) is 11.6. The van der Waals surface area contributed by atoms with Crippen LogP contribution in [0.4, 0.5) is 0 Å². The predicted molar refractivity (Wildman–Crippen MR) is 112 cm³/mol. The van der Waals surface area contributed by atoms with Crippen molar-refractivity contribution < 1.29 is 4.79 Å². The van der Waals surface area contributed by atoms with Gasteiger partial charge in [-0.1, -0.05) is 19.1 Å². The lowest BCUT2D eigenvalue weighted by atomic mass is 10.1. The molecule has 0 aromatic heterocycles. The van der Waals surface area contributed by atoms with Gasteiger partial charge in [0.25, 0.3) is 5.91 Å². The number of carbonyl (C=O) groups is 1. The van der Waals surface area contributed by atoms with Gasteiger partial charge in [0.05, 0.1) is 6.54 Å². The van der Waals surface area contributed by atoms with Gasteiger partial charge >= 0.3 is 0 Å². The Bertz CT molecular complexity index is 610. The van der Waals surface area contributed by atoms with Crippen LogP contribution in [0.1, 0.15) is 49.0 Å². The first kappa shape index (κ1) is 21.2. The third-order valence-electron chi connectivity index (χ3n) is 5.06. The Morgan fingerprint density at radius 1 is 1.22 bits per heavy atom. The Labute approximate surface area is 163 Å². The van der Waals surface area contributed by atoms with Crippen molar-refractivity contribution in [2.75, 3.05) is 39.8 Å². The number of likely N-dealkylation sites (tertiary alicyclic amines) is 1. The molecule has 27 heavy (non-hydrogen) atoms. The quantitative estimate of drug-likeness (QED) is 0.458. The smallest absolute Gasteiger partial charge is 0.251 e. The Hall–Kier alpha value is -2.08. The highest BCUT2D eigenvalue weighted by Crippen LogP contribution is 2.14. The van der Waals surface area contributed by atoms with Crippen LogP contribution < -0.4 is 16.0 Å². The number of amides is 1. The zero-order valence-electron chi connectivity index (χ0n) is 17.1. The van der Waals surface area contributed by atoms with Crippen LogP contribution in [0.5, 0.6) is 0 Å². The first-order valence-electron chi connectivity index (χ1n) is 10.2. The largest absolute Gasteiger partial charge is 0.357 e. The maximum absolute atomic E-state index is 11.8. The highest BCUT2D eigenvalue weighted by molar-refractivity contribution is 5.94. The number of rotatable bonds is 9. The number of nitrogens with one attached hydrogen (secondary N) is 3. The fourth-order valence-corrected chi connectivity index (χ4v) is 3.49. The van der Waals surface area contributed by atoms with Crippen molar-refractivity contribution in [1.29, 1.82) is 0 Å². The van der Waals surface area contributed by atoms with E-state index in [1.165, 1.54) is 25.9 Å². The Morgan fingerprint density at radius 3 is 2.67 bits per heavy atom. The normalized spacial score (nSPS) is 16.2. The first-order chi connectivity index (χ1) is 13.2. The molecule has 0 radical (unpaired) electrons. The fourth-order valence-electron chi connectivity index (χ4n) is 3.49. The molecule has 1 aromatic rings. The van der Waals surface area contributed by atoms with E-state index in [1.54, 1.807) is 7.05 Å². The molecule has 1 amide bonds. The molecule has 1 unspecified atom stereocenters. The summed E-state index contributed by atoms with van der Waals surface area (Å²) in [5.41, 5.74) is 1.84. The van der Waals surface area contributed by atoms with Crippen LogP contribution in [0.3, 0.4) is 0 Å². The SMILES string of the molecule is CCNC(=NCC(CC)N1CCCC1)NCCc1cccc(C(=O)NC)c1. The molecule has 1 heterocycles. The molecule has 1 aliphatic rings. The van der Waals surface area contributed by atoms with Crippen LogP contribution in [0.15, 0.2) is 29.3 Å². The maximum Gasteiger partial charge on any atom is 0.251 e. The van der Waals surface area contributed by atoms with Gasteiger partial charge in [-0.15, -0.1) is 0 Å². The van der Waals surface area contributed by atoms with Crippen molar-refractivity contribution in [3.63, 3.8) is 0 Å². The molecule has 0 saturated carbocycles. The predicted octanol–water partition coefficient (Wildman–Crippen LogP) is 2.02. The van der Waals surface area contributed by atoms with Gasteiger partial charge in [-0.25, -0.2) is 0 Å². The third-order valence-corrected chi connectivity index (χ3v) is 5.06. The van der Waals surface area contributed by atoms with Crippen LogP contribution in [0, 0.1) is 0 Å². The lowest BCUT2D eigenvalue weighted by molar-refractivity contribution is 0.0963. The van der Waals surface area contributed by atoms with E-state index in [1.807, 2.05) is 18.2 Å². The molecule has 2 rings (SSSR count). The number of guanidine groups is 1. The summed E-state index contributed by atoms with van der Waals surface area (Å²) >= 11 is 0. The summed E-state index contributed by atoms with van der Waals surface area (Å²) in [6.07, 6.45) is 4.61. The minimum absolute atomic E-state index is 0.0489. The number of benzene rings is 1. The van der Waals surface area contributed by atoms with Crippen molar-refractivity contribution in [3.8, 4) is 0 Å². The summed E-state index contributed by atoms with van der Waals surface area (Å²) in [5, 5.41) is 9.42. The number of aliphatic imine (C=N–C) groups is 1. The van der Waals surface area contributed by atoms with E-state index in [2.05, 4.69) is 40.8 Å². The average molecular weight is 374 g/mol. The van der Waals surface area contributed by atoms with Gasteiger partial charge in [-0.05, 0) is 63.4 Å². The highest BCUT2D eigenvalue weighted by Gasteiger charge is 2.20. The molecule has 6 heteroatoms. The summed E-state index contributed by atoms with van der Waals surface area (Å²) in [4.78, 5) is 19.1. The van der Waals surface area contributed by atoms with Crippen LogP contribution in [-0.2, 0) is 6.42 Å². The van der Waals surface area contributed by atoms with Crippen LogP contribution >= 0.6 is 0 Å². The molecule has 0 bridgehead atoms. The summed E-state index contributed by atoms with van der Waals surface area (Å²) in [6, 6.07) is 8.31. The second-order valence-electron chi connectivity index (χ2n) is 6.98. The lowest BCUT2D eigenvalue weighted by Crippen LogP contribution is -2.40. The number of carbonyl (C=O) groups excluding carboxylic acids is 1. The van der Waals surface area contributed by atoms with E-state index in [9.17, 15) is 4.79 Å². The third kappa shape index (κ3) is 6.86. The molecule has 1 atom stereocenters. The van der Waals surface area contributed by atoms with Gasteiger partial charge in [0.15, 0.2) is 5.96 Å². The van der Waals surface area contributed by atoms with E-state index in [0.717, 1.165) is 44.0 Å². The molecule has 1 aliphatic heterocycles. The van der Waals surface area contributed by atoms with E-state index < -0.39 is 0 Å². The summed E-state index contributed by atoms with van der Waals surface area (Å²) in [5.74, 6) is 0.824. The van der Waals surface area contributed by atoms with Crippen molar-refractivity contribution in [1.82, 2.24) is 20.9 Å². The number of nitrogens with zero attached hydrogens (tertiary/aromatic N) is 2. The minimum Gasteiger partial charge on any atom is -0.357 e. The van der Waals surface area contributed by atoms with E-state index in [4.69, 9.17) is 4.99 Å². The zero-order chi connectivity index (χ0) is 19.5.